The third-order valence-electron chi connectivity index (χ3n) is 4.52. The molecule has 2 heterocycles. The summed E-state index contributed by atoms with van der Waals surface area (Å²) in [6.07, 6.45) is 4.70. The van der Waals surface area contributed by atoms with Crippen LogP contribution in [0.4, 0.5) is 0 Å². The van der Waals surface area contributed by atoms with Gasteiger partial charge in [-0.15, -0.1) is 11.3 Å². The predicted molar refractivity (Wildman–Crippen MR) is 102 cm³/mol. The molecule has 1 aliphatic heterocycles. The summed E-state index contributed by atoms with van der Waals surface area (Å²) >= 11 is 1.47. The van der Waals surface area contributed by atoms with Gasteiger partial charge in [0.1, 0.15) is 0 Å². The van der Waals surface area contributed by atoms with Crippen molar-refractivity contribution in [3.63, 3.8) is 0 Å². The Balaban J connectivity index is 1.50. The standard InChI is InChI=1S/C20H24N2O2S/c23-18-10-5-2-6-13-22(18)14-7-12-21-20(24)19-17(11-15-25-19)16-8-3-1-4-9-16/h1,3-4,8-9,11,15H,2,5-7,10,12-14H2,(H,21,24). The number of amides is 2. The molecule has 25 heavy (non-hydrogen) atoms. The lowest BCUT2D eigenvalue weighted by molar-refractivity contribution is -0.130. The van der Waals surface area contributed by atoms with Gasteiger partial charge in [0.05, 0.1) is 4.88 Å². The third kappa shape index (κ3) is 4.69. The summed E-state index contributed by atoms with van der Waals surface area (Å²) in [7, 11) is 0. The van der Waals surface area contributed by atoms with Gasteiger partial charge in [0.15, 0.2) is 0 Å². The van der Waals surface area contributed by atoms with E-state index in [1.807, 2.05) is 46.7 Å². The van der Waals surface area contributed by atoms with Gasteiger partial charge >= 0.3 is 0 Å². The second kappa shape index (κ2) is 8.81. The Kier molecular flexibility index (Phi) is 6.23. The Labute approximate surface area is 152 Å². The lowest BCUT2D eigenvalue weighted by atomic mass is 10.1. The number of nitrogens with zero attached hydrogens (tertiary/aromatic N) is 1. The van der Waals surface area contributed by atoms with Crippen LogP contribution in [0.5, 0.6) is 0 Å². The normalized spacial score (nSPS) is 15.0. The molecule has 2 aromatic rings. The second-order valence-electron chi connectivity index (χ2n) is 6.33. The van der Waals surface area contributed by atoms with E-state index in [0.29, 0.717) is 13.0 Å². The molecule has 1 fully saturated rings. The predicted octanol–water partition coefficient (Wildman–Crippen LogP) is 3.94. The molecule has 4 nitrogen and oxygen atoms in total. The minimum atomic E-state index is -0.0314. The average Bonchev–Trinajstić information content (AvgIpc) is 3.04. The Morgan fingerprint density at radius 2 is 1.96 bits per heavy atom. The maximum atomic E-state index is 12.5. The Morgan fingerprint density at radius 1 is 1.12 bits per heavy atom. The van der Waals surface area contributed by atoms with Crippen molar-refractivity contribution in [1.29, 1.82) is 0 Å². The summed E-state index contributed by atoms with van der Waals surface area (Å²) in [5, 5.41) is 4.95. The monoisotopic (exact) mass is 356 g/mol. The fraction of sp³-hybridized carbons (Fsp3) is 0.400. The van der Waals surface area contributed by atoms with E-state index in [9.17, 15) is 9.59 Å². The first-order valence-electron chi connectivity index (χ1n) is 8.94. The minimum absolute atomic E-state index is 0.0314. The van der Waals surface area contributed by atoms with Gasteiger partial charge in [-0.2, -0.15) is 0 Å². The van der Waals surface area contributed by atoms with Crippen molar-refractivity contribution < 1.29 is 9.59 Å². The van der Waals surface area contributed by atoms with Crippen LogP contribution in [0.3, 0.4) is 0 Å². The zero-order chi connectivity index (χ0) is 17.5. The Hall–Kier alpha value is -2.14. The van der Waals surface area contributed by atoms with E-state index in [-0.39, 0.29) is 11.8 Å². The Morgan fingerprint density at radius 3 is 2.80 bits per heavy atom. The zero-order valence-electron chi connectivity index (χ0n) is 14.4. The fourth-order valence-electron chi connectivity index (χ4n) is 3.16. The summed E-state index contributed by atoms with van der Waals surface area (Å²) < 4.78 is 0. The van der Waals surface area contributed by atoms with Crippen molar-refractivity contribution in [2.24, 2.45) is 0 Å². The van der Waals surface area contributed by atoms with E-state index in [1.165, 1.54) is 11.3 Å². The third-order valence-corrected chi connectivity index (χ3v) is 5.43. The maximum absolute atomic E-state index is 12.5. The number of hydrogen-bond acceptors (Lipinski definition) is 3. The van der Waals surface area contributed by atoms with Crippen LogP contribution >= 0.6 is 11.3 Å². The van der Waals surface area contributed by atoms with Crippen LogP contribution in [0.2, 0.25) is 0 Å². The lowest BCUT2D eigenvalue weighted by Crippen LogP contribution is -2.33. The van der Waals surface area contributed by atoms with Crippen molar-refractivity contribution >= 4 is 23.2 Å². The van der Waals surface area contributed by atoms with Crippen LogP contribution < -0.4 is 5.32 Å². The molecule has 0 saturated carbocycles. The highest BCUT2D eigenvalue weighted by atomic mass is 32.1. The van der Waals surface area contributed by atoms with Crippen molar-refractivity contribution in [1.82, 2.24) is 10.2 Å². The molecule has 0 aliphatic carbocycles. The summed E-state index contributed by atoms with van der Waals surface area (Å²) in [6.45, 7) is 2.18. The van der Waals surface area contributed by atoms with Crippen LogP contribution in [0, 0.1) is 0 Å². The van der Waals surface area contributed by atoms with Crippen molar-refractivity contribution in [2.75, 3.05) is 19.6 Å². The molecule has 0 atom stereocenters. The van der Waals surface area contributed by atoms with E-state index < -0.39 is 0 Å². The molecule has 5 heteroatoms. The maximum Gasteiger partial charge on any atom is 0.261 e. The second-order valence-corrected chi connectivity index (χ2v) is 7.25. The van der Waals surface area contributed by atoms with Crippen molar-refractivity contribution in [3.8, 4) is 11.1 Å². The van der Waals surface area contributed by atoms with Crippen molar-refractivity contribution in [3.05, 3.63) is 46.7 Å². The van der Waals surface area contributed by atoms with E-state index in [0.717, 1.165) is 54.8 Å². The smallest absolute Gasteiger partial charge is 0.261 e. The topological polar surface area (TPSA) is 49.4 Å². The first-order chi connectivity index (χ1) is 12.3. The molecule has 1 aromatic carbocycles. The van der Waals surface area contributed by atoms with Crippen LogP contribution in [-0.2, 0) is 4.79 Å². The van der Waals surface area contributed by atoms with Gasteiger partial charge < -0.3 is 10.2 Å². The minimum Gasteiger partial charge on any atom is -0.351 e. The van der Waals surface area contributed by atoms with Crippen LogP contribution in [0.25, 0.3) is 11.1 Å². The molecule has 3 rings (SSSR count). The zero-order valence-corrected chi connectivity index (χ0v) is 15.2. The summed E-state index contributed by atoms with van der Waals surface area (Å²) in [5.41, 5.74) is 2.04. The molecular weight excluding hydrogens is 332 g/mol. The molecule has 0 radical (unpaired) electrons. The molecule has 2 amide bonds. The number of thiophene rings is 1. The average molecular weight is 356 g/mol. The number of nitrogens with one attached hydrogen (secondary N) is 1. The Bertz CT molecular complexity index is 711. The molecular formula is C20H24N2O2S. The number of carbonyl (C=O) groups is 2. The number of likely N-dealkylation sites (tertiary alicyclic amines) is 1. The van der Waals surface area contributed by atoms with Gasteiger partial charge in [0, 0.05) is 31.6 Å². The summed E-state index contributed by atoms with van der Waals surface area (Å²) in [6, 6.07) is 12.0. The number of carbonyl (C=O) groups excluding carboxylic acids is 2. The summed E-state index contributed by atoms with van der Waals surface area (Å²) in [4.78, 5) is 27.2. The highest BCUT2D eigenvalue weighted by Gasteiger charge is 2.17. The molecule has 1 aromatic heterocycles. The van der Waals surface area contributed by atoms with Crippen LogP contribution in [0.1, 0.15) is 41.8 Å². The van der Waals surface area contributed by atoms with E-state index >= 15 is 0 Å². The molecule has 1 aliphatic rings. The highest BCUT2D eigenvalue weighted by Crippen LogP contribution is 2.28. The highest BCUT2D eigenvalue weighted by molar-refractivity contribution is 7.12. The quantitative estimate of drug-likeness (QED) is 0.797. The van der Waals surface area contributed by atoms with Gasteiger partial charge in [-0.1, -0.05) is 36.8 Å². The van der Waals surface area contributed by atoms with Gasteiger partial charge in [-0.3, -0.25) is 9.59 Å². The molecule has 0 spiro atoms. The fourth-order valence-corrected chi connectivity index (χ4v) is 3.99. The van der Waals surface area contributed by atoms with E-state index in [1.54, 1.807) is 0 Å². The molecule has 0 unspecified atom stereocenters. The van der Waals surface area contributed by atoms with Crippen LogP contribution in [0.15, 0.2) is 41.8 Å². The van der Waals surface area contributed by atoms with Gasteiger partial charge in [-0.05, 0) is 36.3 Å². The van der Waals surface area contributed by atoms with E-state index in [4.69, 9.17) is 0 Å². The molecule has 132 valence electrons. The van der Waals surface area contributed by atoms with E-state index in [2.05, 4.69) is 5.32 Å². The van der Waals surface area contributed by atoms with Crippen LogP contribution in [-0.4, -0.2) is 36.3 Å². The lowest BCUT2D eigenvalue weighted by Gasteiger charge is -2.20. The largest absolute Gasteiger partial charge is 0.351 e. The van der Waals surface area contributed by atoms with Crippen molar-refractivity contribution in [2.45, 2.75) is 32.1 Å². The SMILES string of the molecule is O=C(NCCCN1CCCCCC1=O)c1sccc1-c1ccccc1. The first kappa shape index (κ1) is 17.7. The number of rotatable bonds is 6. The summed E-state index contributed by atoms with van der Waals surface area (Å²) in [5.74, 6) is 0.226. The van der Waals surface area contributed by atoms with Gasteiger partial charge in [0.25, 0.3) is 5.91 Å². The first-order valence-corrected chi connectivity index (χ1v) is 9.82. The van der Waals surface area contributed by atoms with Gasteiger partial charge in [0.2, 0.25) is 5.91 Å². The molecule has 0 bridgehead atoms. The number of benzene rings is 1. The van der Waals surface area contributed by atoms with Gasteiger partial charge in [-0.25, -0.2) is 0 Å². The molecule has 1 saturated heterocycles. The number of hydrogen-bond donors (Lipinski definition) is 1. The molecule has 1 N–H and O–H groups in total.